The van der Waals surface area contributed by atoms with Gasteiger partial charge in [0.15, 0.2) is 0 Å². The summed E-state index contributed by atoms with van der Waals surface area (Å²) in [6.07, 6.45) is 0. The Hall–Kier alpha value is -5.18. The number of rotatable bonds is 6. The molecule has 178 valence electrons. The Labute approximate surface area is 205 Å². The van der Waals surface area contributed by atoms with Gasteiger partial charge in [-0.15, -0.1) is 0 Å². The number of pyridine rings is 1. The Morgan fingerprint density at radius 2 is 1.53 bits per heavy atom. The van der Waals surface area contributed by atoms with Gasteiger partial charge < -0.3 is 20.7 Å². The van der Waals surface area contributed by atoms with Gasteiger partial charge in [-0.3, -0.25) is 10.1 Å². The molecular formula is C27H21N5O4. The van der Waals surface area contributed by atoms with Crippen LogP contribution in [0.3, 0.4) is 0 Å². The van der Waals surface area contributed by atoms with Gasteiger partial charge in [-0.2, -0.15) is 0 Å². The molecule has 9 heteroatoms. The van der Waals surface area contributed by atoms with Crippen molar-refractivity contribution in [3.8, 4) is 5.75 Å². The molecule has 0 unspecified atom stereocenters. The van der Waals surface area contributed by atoms with E-state index in [1.165, 1.54) is 12.1 Å². The number of amides is 2. The zero-order chi connectivity index (χ0) is 25.1. The van der Waals surface area contributed by atoms with Crippen molar-refractivity contribution >= 4 is 56.3 Å². The molecule has 0 saturated heterocycles. The number of non-ortho nitro benzene ring substituents is 1. The molecule has 0 radical (unpaired) electrons. The van der Waals surface area contributed by atoms with Crippen LogP contribution in [-0.2, 0) is 0 Å². The first-order chi connectivity index (χ1) is 17.5. The van der Waals surface area contributed by atoms with E-state index in [1.807, 2.05) is 42.5 Å². The number of carbonyl (C=O) groups excluding carboxylic acids is 1. The number of carbonyl (C=O) groups is 1. The summed E-state index contributed by atoms with van der Waals surface area (Å²) in [5.74, 6) is 0.563. The minimum absolute atomic E-state index is 0.0422. The van der Waals surface area contributed by atoms with Crippen LogP contribution in [0.5, 0.6) is 5.75 Å². The average molecular weight is 479 g/mol. The molecule has 3 N–H and O–H groups in total. The van der Waals surface area contributed by atoms with E-state index in [-0.39, 0.29) is 11.7 Å². The number of hydrogen-bond donors (Lipinski definition) is 3. The van der Waals surface area contributed by atoms with Crippen LogP contribution in [0.15, 0.2) is 91.0 Å². The molecule has 5 rings (SSSR count). The van der Waals surface area contributed by atoms with Gasteiger partial charge in [-0.1, -0.05) is 30.3 Å². The van der Waals surface area contributed by atoms with Gasteiger partial charge in [0, 0.05) is 40.0 Å². The summed E-state index contributed by atoms with van der Waals surface area (Å²) in [7, 11) is 1.56. The summed E-state index contributed by atoms with van der Waals surface area (Å²) >= 11 is 0. The zero-order valence-electron chi connectivity index (χ0n) is 19.2. The zero-order valence-corrected chi connectivity index (χ0v) is 19.2. The molecule has 0 spiro atoms. The lowest BCUT2D eigenvalue weighted by Gasteiger charge is -2.15. The maximum Gasteiger partial charge on any atom is 0.323 e. The van der Waals surface area contributed by atoms with E-state index in [9.17, 15) is 14.9 Å². The first kappa shape index (κ1) is 22.6. The summed E-state index contributed by atoms with van der Waals surface area (Å²) in [5, 5.41) is 21.9. The summed E-state index contributed by atoms with van der Waals surface area (Å²) in [6, 6.07) is 26.2. The van der Waals surface area contributed by atoms with Gasteiger partial charge in [0.25, 0.3) is 5.69 Å². The summed E-state index contributed by atoms with van der Waals surface area (Å²) in [6.45, 7) is 0. The van der Waals surface area contributed by atoms with Crippen molar-refractivity contribution in [1.82, 2.24) is 4.98 Å². The highest BCUT2D eigenvalue weighted by atomic mass is 16.6. The van der Waals surface area contributed by atoms with E-state index < -0.39 is 4.92 Å². The van der Waals surface area contributed by atoms with E-state index >= 15 is 0 Å². The highest BCUT2D eigenvalue weighted by Crippen LogP contribution is 2.37. The molecule has 2 amide bonds. The lowest BCUT2D eigenvalue weighted by Crippen LogP contribution is -2.19. The number of anilines is 4. The normalized spacial score (nSPS) is 10.7. The number of nitro groups is 1. The number of nitrogens with one attached hydrogen (secondary N) is 3. The van der Waals surface area contributed by atoms with Crippen LogP contribution in [0.4, 0.5) is 33.2 Å². The predicted octanol–water partition coefficient (Wildman–Crippen LogP) is 6.69. The third kappa shape index (κ3) is 4.58. The summed E-state index contributed by atoms with van der Waals surface area (Å²) in [4.78, 5) is 27.8. The Kier molecular flexibility index (Phi) is 6.02. The molecule has 0 aliphatic heterocycles. The Bertz CT molecular complexity index is 1590. The van der Waals surface area contributed by atoms with Crippen LogP contribution in [0.25, 0.3) is 21.8 Å². The smallest absolute Gasteiger partial charge is 0.323 e. The standard InChI is InChI=1S/C27H21N5O4/c1-36-24-9-5-8-22-25(21-15-14-20(32(34)35)16-23(21)31-26(22)24)28-18-10-12-19(13-11-18)30-27(33)29-17-6-3-2-4-7-17/h2-16H,1H3,(H,28,31)(H2,29,30,33). The number of para-hydroxylation sites is 2. The molecule has 0 bridgehead atoms. The molecular weight excluding hydrogens is 458 g/mol. The Morgan fingerprint density at radius 1 is 0.833 bits per heavy atom. The summed E-state index contributed by atoms with van der Waals surface area (Å²) in [5.41, 5.74) is 3.84. The number of fused-ring (bicyclic) bond motifs is 2. The van der Waals surface area contributed by atoms with Crippen molar-refractivity contribution in [1.29, 1.82) is 0 Å². The van der Waals surface area contributed by atoms with Gasteiger partial charge in [-0.05, 0) is 48.5 Å². The number of ether oxygens (including phenoxy) is 1. The lowest BCUT2D eigenvalue weighted by atomic mass is 10.1. The second kappa shape index (κ2) is 9.59. The molecule has 0 aliphatic rings. The number of aromatic nitrogens is 1. The third-order valence-corrected chi connectivity index (χ3v) is 5.63. The summed E-state index contributed by atoms with van der Waals surface area (Å²) < 4.78 is 5.48. The van der Waals surface area contributed by atoms with Crippen molar-refractivity contribution in [3.63, 3.8) is 0 Å². The maximum absolute atomic E-state index is 12.3. The molecule has 5 aromatic rings. The van der Waals surface area contributed by atoms with Gasteiger partial charge in [-0.25, -0.2) is 9.78 Å². The van der Waals surface area contributed by atoms with Crippen LogP contribution < -0.4 is 20.7 Å². The highest BCUT2D eigenvalue weighted by Gasteiger charge is 2.16. The number of nitro benzene ring substituents is 1. The van der Waals surface area contributed by atoms with E-state index in [0.717, 1.165) is 22.1 Å². The lowest BCUT2D eigenvalue weighted by molar-refractivity contribution is -0.384. The van der Waals surface area contributed by atoms with E-state index in [4.69, 9.17) is 4.74 Å². The van der Waals surface area contributed by atoms with Gasteiger partial charge in [0.05, 0.1) is 23.2 Å². The first-order valence-electron chi connectivity index (χ1n) is 11.1. The van der Waals surface area contributed by atoms with Crippen LogP contribution in [0.2, 0.25) is 0 Å². The molecule has 0 aliphatic carbocycles. The fourth-order valence-electron chi connectivity index (χ4n) is 3.94. The van der Waals surface area contributed by atoms with Crippen LogP contribution >= 0.6 is 0 Å². The van der Waals surface area contributed by atoms with Gasteiger partial charge in [0.2, 0.25) is 0 Å². The fraction of sp³-hybridized carbons (Fsp3) is 0.0370. The molecule has 36 heavy (non-hydrogen) atoms. The first-order valence-corrected chi connectivity index (χ1v) is 11.1. The van der Waals surface area contributed by atoms with Crippen LogP contribution in [-0.4, -0.2) is 23.0 Å². The SMILES string of the molecule is COc1cccc2c(Nc3ccc(NC(=O)Nc4ccccc4)cc3)c3ccc([N+](=O)[O-])cc3nc12. The number of hydrogen-bond acceptors (Lipinski definition) is 6. The average Bonchev–Trinajstić information content (AvgIpc) is 2.89. The van der Waals surface area contributed by atoms with Crippen molar-refractivity contribution in [2.24, 2.45) is 0 Å². The van der Waals surface area contributed by atoms with Crippen molar-refractivity contribution in [3.05, 3.63) is 101 Å². The van der Waals surface area contributed by atoms with Crippen LogP contribution in [0.1, 0.15) is 0 Å². The largest absolute Gasteiger partial charge is 0.494 e. The number of benzene rings is 4. The monoisotopic (exact) mass is 479 g/mol. The van der Waals surface area contributed by atoms with Crippen molar-refractivity contribution < 1.29 is 14.5 Å². The molecule has 0 atom stereocenters. The fourth-order valence-corrected chi connectivity index (χ4v) is 3.94. The molecule has 0 saturated carbocycles. The molecule has 4 aromatic carbocycles. The second-order valence-corrected chi connectivity index (χ2v) is 7.95. The minimum atomic E-state index is -0.444. The quantitative estimate of drug-likeness (QED) is 0.142. The van der Waals surface area contributed by atoms with Crippen molar-refractivity contribution in [2.45, 2.75) is 0 Å². The Balaban J connectivity index is 1.46. The maximum atomic E-state index is 12.3. The minimum Gasteiger partial charge on any atom is -0.494 e. The van der Waals surface area contributed by atoms with Gasteiger partial charge in [0.1, 0.15) is 11.3 Å². The number of nitrogens with zero attached hydrogens (tertiary/aromatic N) is 2. The van der Waals surface area contributed by atoms with E-state index in [1.54, 1.807) is 43.5 Å². The second-order valence-electron chi connectivity index (χ2n) is 7.95. The van der Waals surface area contributed by atoms with E-state index in [2.05, 4.69) is 20.9 Å². The topological polar surface area (TPSA) is 118 Å². The third-order valence-electron chi connectivity index (χ3n) is 5.63. The van der Waals surface area contributed by atoms with Crippen LogP contribution in [0, 0.1) is 10.1 Å². The Morgan fingerprint density at radius 3 is 2.22 bits per heavy atom. The molecule has 1 aromatic heterocycles. The molecule has 9 nitrogen and oxygen atoms in total. The van der Waals surface area contributed by atoms with Crippen molar-refractivity contribution in [2.75, 3.05) is 23.1 Å². The van der Waals surface area contributed by atoms with E-state index in [0.29, 0.717) is 28.2 Å². The predicted molar refractivity (Wildman–Crippen MR) is 141 cm³/mol. The van der Waals surface area contributed by atoms with Gasteiger partial charge >= 0.3 is 6.03 Å². The number of urea groups is 1. The number of methoxy groups -OCH3 is 1. The molecule has 0 fully saturated rings. The highest BCUT2D eigenvalue weighted by molar-refractivity contribution is 6.10. The molecule has 1 heterocycles.